The molecule has 3 aliphatic rings. The largest absolute Gasteiger partial charge is 0.378 e. The van der Waals surface area contributed by atoms with Crippen molar-refractivity contribution < 1.29 is 14.2 Å². The second-order valence-corrected chi connectivity index (χ2v) is 5.41. The van der Waals surface area contributed by atoms with Gasteiger partial charge in [0.2, 0.25) is 0 Å². The van der Waals surface area contributed by atoms with Crippen LogP contribution < -0.4 is 0 Å². The summed E-state index contributed by atoms with van der Waals surface area (Å²) in [6.45, 7) is 2.57. The van der Waals surface area contributed by atoms with E-state index in [1.807, 2.05) is 0 Å². The molecular weight excluding hydrogens is 204 g/mol. The van der Waals surface area contributed by atoms with Gasteiger partial charge in [0.1, 0.15) is 0 Å². The summed E-state index contributed by atoms with van der Waals surface area (Å²) in [5, 5.41) is 0. The second-order valence-electron chi connectivity index (χ2n) is 5.41. The van der Waals surface area contributed by atoms with Crippen molar-refractivity contribution in [3.05, 3.63) is 0 Å². The van der Waals surface area contributed by atoms with Gasteiger partial charge < -0.3 is 14.2 Å². The topological polar surface area (TPSA) is 27.7 Å². The normalized spacial score (nSPS) is 44.2. The molecule has 1 aliphatic carbocycles. The highest BCUT2D eigenvalue weighted by Gasteiger charge is 2.47. The van der Waals surface area contributed by atoms with Crippen LogP contribution in [0.25, 0.3) is 0 Å². The lowest BCUT2D eigenvalue weighted by Gasteiger charge is -2.42. The average Bonchev–Trinajstić information content (AvgIpc) is 2.73. The minimum Gasteiger partial charge on any atom is -0.378 e. The number of hydrogen-bond acceptors (Lipinski definition) is 3. The summed E-state index contributed by atoms with van der Waals surface area (Å²) in [6.07, 6.45) is 8.48. The van der Waals surface area contributed by atoms with Crippen LogP contribution in [-0.4, -0.2) is 31.7 Å². The molecule has 0 aromatic heterocycles. The summed E-state index contributed by atoms with van der Waals surface area (Å²) in [5.41, 5.74) is 0.000255. The van der Waals surface area contributed by atoms with E-state index in [0.29, 0.717) is 5.92 Å². The highest BCUT2D eigenvalue weighted by Crippen LogP contribution is 2.44. The Morgan fingerprint density at radius 1 is 1.00 bits per heavy atom. The Labute approximate surface area is 97.4 Å². The molecule has 16 heavy (non-hydrogen) atoms. The molecule has 0 N–H and O–H groups in total. The smallest absolute Gasteiger partial charge is 0.158 e. The Kier molecular flexibility index (Phi) is 3.18. The van der Waals surface area contributed by atoms with Crippen molar-refractivity contribution in [2.45, 2.75) is 56.8 Å². The summed E-state index contributed by atoms with van der Waals surface area (Å²) in [4.78, 5) is 0. The van der Waals surface area contributed by atoms with Gasteiger partial charge in [-0.15, -0.1) is 0 Å². The predicted molar refractivity (Wildman–Crippen MR) is 60.2 cm³/mol. The Morgan fingerprint density at radius 2 is 2.00 bits per heavy atom. The summed E-state index contributed by atoms with van der Waals surface area (Å²) >= 11 is 0. The highest BCUT2D eigenvalue weighted by atomic mass is 16.7. The fourth-order valence-corrected chi connectivity index (χ4v) is 3.44. The molecule has 3 fully saturated rings. The molecule has 3 nitrogen and oxygen atoms in total. The van der Waals surface area contributed by atoms with Crippen molar-refractivity contribution in [2.75, 3.05) is 19.8 Å². The van der Waals surface area contributed by atoms with E-state index < -0.39 is 0 Å². The lowest BCUT2D eigenvalue weighted by Crippen LogP contribution is -2.48. The second kappa shape index (κ2) is 4.63. The van der Waals surface area contributed by atoms with Gasteiger partial charge in [-0.2, -0.15) is 0 Å². The van der Waals surface area contributed by atoms with Gasteiger partial charge in [0.25, 0.3) is 0 Å². The van der Waals surface area contributed by atoms with Crippen LogP contribution in [0.15, 0.2) is 0 Å². The summed E-state index contributed by atoms with van der Waals surface area (Å²) in [6, 6.07) is 0. The van der Waals surface area contributed by atoms with Gasteiger partial charge >= 0.3 is 0 Å². The Bertz CT molecular complexity index is 237. The lowest BCUT2D eigenvalue weighted by molar-refractivity contribution is -0.259. The van der Waals surface area contributed by atoms with Gasteiger partial charge in [-0.05, 0) is 44.4 Å². The molecule has 2 aliphatic heterocycles. The van der Waals surface area contributed by atoms with E-state index in [1.165, 1.54) is 32.1 Å². The summed E-state index contributed by atoms with van der Waals surface area (Å²) in [5.74, 6) is 0.715. The molecule has 3 atom stereocenters. The zero-order valence-corrected chi connectivity index (χ0v) is 9.95. The van der Waals surface area contributed by atoms with Gasteiger partial charge in [-0.3, -0.25) is 0 Å². The van der Waals surface area contributed by atoms with Gasteiger partial charge in [-0.25, -0.2) is 0 Å². The average molecular weight is 226 g/mol. The van der Waals surface area contributed by atoms with E-state index in [0.717, 1.165) is 32.7 Å². The molecule has 0 spiro atoms. The van der Waals surface area contributed by atoms with Crippen molar-refractivity contribution in [1.82, 2.24) is 0 Å². The maximum absolute atomic E-state index is 6.30. The molecule has 92 valence electrons. The van der Waals surface area contributed by atoms with E-state index in [9.17, 15) is 0 Å². The first kappa shape index (κ1) is 11.0. The molecular formula is C13H22O3. The van der Waals surface area contributed by atoms with E-state index in [1.54, 1.807) is 0 Å². The molecule has 3 heteroatoms. The molecule has 3 rings (SSSR count). The monoisotopic (exact) mass is 226 g/mol. The van der Waals surface area contributed by atoms with Crippen LogP contribution in [-0.2, 0) is 14.2 Å². The number of hydrogen-bond donors (Lipinski definition) is 0. The van der Waals surface area contributed by atoms with E-state index in [-0.39, 0.29) is 11.9 Å². The summed E-state index contributed by atoms with van der Waals surface area (Å²) < 4.78 is 17.7. The molecule has 3 unspecified atom stereocenters. The van der Waals surface area contributed by atoms with Gasteiger partial charge in [0, 0.05) is 13.2 Å². The van der Waals surface area contributed by atoms with Crippen LogP contribution >= 0.6 is 0 Å². The van der Waals surface area contributed by atoms with Gasteiger partial charge in [0.15, 0.2) is 6.29 Å². The van der Waals surface area contributed by atoms with Crippen molar-refractivity contribution in [3.8, 4) is 0 Å². The first-order valence-electron chi connectivity index (χ1n) is 6.76. The lowest BCUT2D eigenvalue weighted by atomic mass is 9.87. The minimum absolute atomic E-state index is 0.000255. The van der Waals surface area contributed by atoms with Crippen LogP contribution in [0.5, 0.6) is 0 Å². The molecule has 1 saturated carbocycles. The zero-order chi connectivity index (χ0) is 10.8. The molecule has 0 amide bonds. The summed E-state index contributed by atoms with van der Waals surface area (Å²) in [7, 11) is 0. The maximum atomic E-state index is 6.30. The highest BCUT2D eigenvalue weighted by molar-refractivity contribution is 4.96. The van der Waals surface area contributed by atoms with Crippen LogP contribution in [0.3, 0.4) is 0 Å². The Morgan fingerprint density at radius 3 is 2.88 bits per heavy atom. The van der Waals surface area contributed by atoms with Crippen LogP contribution in [0.4, 0.5) is 0 Å². The van der Waals surface area contributed by atoms with E-state index in [2.05, 4.69) is 0 Å². The van der Waals surface area contributed by atoms with Crippen molar-refractivity contribution in [2.24, 2.45) is 5.92 Å². The standard InChI is InChI=1S/C13H22O3/c1-2-8-15-12(5-1)16-13-7-3-4-11(13)6-9-14-10-13/h11-12H,1-10H2. The Hall–Kier alpha value is -0.120. The third kappa shape index (κ3) is 2.01. The Balaban J connectivity index is 1.65. The fraction of sp³-hybridized carbons (Fsp3) is 1.00. The first-order valence-corrected chi connectivity index (χ1v) is 6.76. The number of ether oxygens (including phenoxy) is 3. The molecule has 0 bridgehead atoms. The fourth-order valence-electron chi connectivity index (χ4n) is 3.44. The van der Waals surface area contributed by atoms with Crippen LogP contribution in [0.2, 0.25) is 0 Å². The number of fused-ring (bicyclic) bond motifs is 1. The molecule has 0 radical (unpaired) electrons. The van der Waals surface area contributed by atoms with Crippen molar-refractivity contribution in [1.29, 1.82) is 0 Å². The SMILES string of the molecule is C1CCC(OC23CCCC2CCOC3)OC1. The van der Waals surface area contributed by atoms with E-state index >= 15 is 0 Å². The van der Waals surface area contributed by atoms with Crippen molar-refractivity contribution in [3.63, 3.8) is 0 Å². The van der Waals surface area contributed by atoms with Crippen LogP contribution in [0, 0.1) is 5.92 Å². The van der Waals surface area contributed by atoms with Crippen LogP contribution in [0.1, 0.15) is 44.9 Å². The van der Waals surface area contributed by atoms with E-state index in [4.69, 9.17) is 14.2 Å². The number of rotatable bonds is 2. The third-order valence-electron chi connectivity index (χ3n) is 4.36. The molecule has 0 aromatic rings. The molecule has 0 aromatic carbocycles. The minimum atomic E-state index is 0.000255. The predicted octanol–water partition coefficient (Wildman–Crippen LogP) is 2.49. The zero-order valence-electron chi connectivity index (χ0n) is 9.95. The first-order chi connectivity index (χ1) is 7.89. The van der Waals surface area contributed by atoms with Gasteiger partial charge in [-0.1, -0.05) is 6.42 Å². The van der Waals surface area contributed by atoms with Gasteiger partial charge in [0.05, 0.1) is 12.2 Å². The molecule has 2 saturated heterocycles. The molecule has 2 heterocycles. The van der Waals surface area contributed by atoms with Crippen molar-refractivity contribution >= 4 is 0 Å². The quantitative estimate of drug-likeness (QED) is 0.724. The third-order valence-corrected chi connectivity index (χ3v) is 4.36. The maximum Gasteiger partial charge on any atom is 0.158 e.